The number of alkyl halides is 4. The fraction of sp³-hybridized carbons (Fsp3) is 0.160. The van der Waals surface area contributed by atoms with Gasteiger partial charge in [-0.05, 0) is 35.9 Å². The minimum atomic E-state index is -3.62. The summed E-state index contributed by atoms with van der Waals surface area (Å²) in [4.78, 5) is 36.8. The van der Waals surface area contributed by atoms with Gasteiger partial charge in [0.2, 0.25) is 5.91 Å². The van der Waals surface area contributed by atoms with E-state index in [1.54, 1.807) is 0 Å². The number of amides is 3. The Labute approximate surface area is 257 Å². The highest BCUT2D eigenvalue weighted by atomic mass is 35.5. The molecule has 3 aromatic rings. The molecular formula is C25H12Cl5F6N3O3. The number of nitrogens with one attached hydrogen (secondary N) is 3. The number of carbonyl (C=O) groups excluding carboxylic acids is 3. The molecule has 0 aliphatic heterocycles. The molecule has 1 saturated carbocycles. The molecule has 3 N–H and O–H groups in total. The monoisotopic (exact) mass is 691 g/mol. The number of rotatable bonds is 7. The van der Waals surface area contributed by atoms with Crippen LogP contribution in [0.2, 0.25) is 15.1 Å². The molecule has 4 rings (SSSR count). The van der Waals surface area contributed by atoms with Crippen LogP contribution in [-0.2, 0) is 9.59 Å². The van der Waals surface area contributed by atoms with Crippen molar-refractivity contribution in [2.24, 2.45) is 5.92 Å². The number of carbonyl (C=O) groups is 3. The van der Waals surface area contributed by atoms with E-state index in [2.05, 4.69) is 5.32 Å². The number of benzene rings is 3. The summed E-state index contributed by atoms with van der Waals surface area (Å²) in [6, 6.07) is 5.19. The van der Waals surface area contributed by atoms with Gasteiger partial charge < -0.3 is 16.0 Å². The summed E-state index contributed by atoms with van der Waals surface area (Å²) in [5.74, 6) is -12.8. The maximum absolute atomic E-state index is 14.7. The smallest absolute Gasteiger partial charge is 0.315 e. The van der Waals surface area contributed by atoms with Gasteiger partial charge in [0.1, 0.15) is 15.8 Å². The maximum atomic E-state index is 14.7. The number of hydrogen-bond donors (Lipinski definition) is 3. The minimum Gasteiger partial charge on any atom is -0.326 e. The molecular weight excluding hydrogens is 682 g/mol. The third kappa shape index (κ3) is 6.23. The summed E-state index contributed by atoms with van der Waals surface area (Å²) in [5.41, 5.74) is -3.32. The van der Waals surface area contributed by atoms with Gasteiger partial charge in [0.15, 0.2) is 17.5 Å². The molecule has 0 heterocycles. The van der Waals surface area contributed by atoms with Crippen molar-refractivity contribution in [3.05, 3.63) is 85.9 Å². The van der Waals surface area contributed by atoms with E-state index in [9.17, 15) is 40.7 Å². The predicted molar refractivity (Wildman–Crippen MR) is 146 cm³/mol. The Morgan fingerprint density at radius 2 is 1.43 bits per heavy atom. The van der Waals surface area contributed by atoms with Gasteiger partial charge in [-0.3, -0.25) is 14.4 Å². The Balaban J connectivity index is 1.56. The third-order valence-electron chi connectivity index (χ3n) is 6.03. The van der Waals surface area contributed by atoms with Gasteiger partial charge in [0.05, 0.1) is 32.2 Å². The Bertz CT molecular complexity index is 1620. The van der Waals surface area contributed by atoms with Crippen molar-refractivity contribution >= 4 is 92.8 Å². The second-order valence-electron chi connectivity index (χ2n) is 8.77. The van der Waals surface area contributed by atoms with Crippen LogP contribution in [0.5, 0.6) is 0 Å². The fourth-order valence-electron chi connectivity index (χ4n) is 4.00. The van der Waals surface area contributed by atoms with Crippen LogP contribution in [0, 0.1) is 29.2 Å². The molecule has 0 aromatic heterocycles. The second-order valence-corrected chi connectivity index (χ2v) is 11.4. The normalized spacial score (nSPS) is 17.1. The van der Waals surface area contributed by atoms with E-state index in [4.69, 9.17) is 58.0 Å². The van der Waals surface area contributed by atoms with Gasteiger partial charge in [-0.2, -0.15) is 8.78 Å². The zero-order valence-electron chi connectivity index (χ0n) is 20.1. The van der Waals surface area contributed by atoms with Crippen LogP contribution in [0.3, 0.4) is 0 Å². The highest BCUT2D eigenvalue weighted by Gasteiger charge is 2.67. The van der Waals surface area contributed by atoms with Crippen LogP contribution in [0.1, 0.15) is 21.8 Å². The first-order valence-corrected chi connectivity index (χ1v) is 13.1. The predicted octanol–water partition coefficient (Wildman–Crippen LogP) is 8.19. The molecule has 1 aliphatic carbocycles. The molecule has 0 spiro atoms. The van der Waals surface area contributed by atoms with E-state index < -0.39 is 86.2 Å². The Morgan fingerprint density at radius 3 is 2.02 bits per heavy atom. The van der Waals surface area contributed by atoms with Gasteiger partial charge in [-0.15, -0.1) is 23.2 Å². The average molecular weight is 694 g/mol. The molecule has 1 fully saturated rings. The summed E-state index contributed by atoms with van der Waals surface area (Å²) in [6.07, 6.45) is -3.62. The van der Waals surface area contributed by atoms with Crippen molar-refractivity contribution in [1.82, 2.24) is 0 Å². The van der Waals surface area contributed by atoms with Crippen LogP contribution >= 0.6 is 58.0 Å². The van der Waals surface area contributed by atoms with Crippen LogP contribution in [-0.4, -0.2) is 28.5 Å². The van der Waals surface area contributed by atoms with Gasteiger partial charge in [-0.25, -0.2) is 17.6 Å². The lowest BCUT2D eigenvalue weighted by molar-refractivity contribution is -0.126. The molecule has 6 nitrogen and oxygen atoms in total. The Kier molecular flexibility index (Phi) is 9.15. The topological polar surface area (TPSA) is 87.3 Å². The molecule has 1 aliphatic rings. The Hall–Kier alpha value is -2.90. The maximum Gasteiger partial charge on any atom is 0.315 e. The molecule has 3 aromatic carbocycles. The lowest BCUT2D eigenvalue weighted by Gasteiger charge is -2.13. The van der Waals surface area contributed by atoms with Crippen molar-refractivity contribution in [3.63, 3.8) is 0 Å². The van der Waals surface area contributed by atoms with E-state index in [0.717, 1.165) is 0 Å². The van der Waals surface area contributed by atoms with Gasteiger partial charge in [0.25, 0.3) is 11.8 Å². The van der Waals surface area contributed by atoms with E-state index in [1.807, 2.05) is 5.32 Å². The molecule has 3 amide bonds. The average Bonchev–Trinajstić information content (AvgIpc) is 3.49. The molecule has 0 unspecified atom stereocenters. The molecule has 0 bridgehead atoms. The van der Waals surface area contributed by atoms with Crippen LogP contribution in [0.4, 0.5) is 43.4 Å². The Morgan fingerprint density at radius 1 is 0.810 bits per heavy atom. The van der Waals surface area contributed by atoms with Crippen molar-refractivity contribution in [3.8, 4) is 0 Å². The molecule has 42 heavy (non-hydrogen) atoms. The lowest BCUT2D eigenvalue weighted by atomic mass is 10.1. The summed E-state index contributed by atoms with van der Waals surface area (Å²) in [6.45, 7) is 0. The van der Waals surface area contributed by atoms with Crippen LogP contribution in [0.25, 0.3) is 0 Å². The largest absolute Gasteiger partial charge is 0.326 e. The first-order valence-electron chi connectivity index (χ1n) is 11.2. The summed E-state index contributed by atoms with van der Waals surface area (Å²) < 4.78 is 80.9. The third-order valence-corrected chi connectivity index (χ3v) is 8.16. The van der Waals surface area contributed by atoms with Crippen molar-refractivity contribution in [2.45, 2.75) is 16.7 Å². The van der Waals surface area contributed by atoms with Crippen molar-refractivity contribution in [1.29, 1.82) is 0 Å². The standard InChI is InChI=1S/C25H12Cl5F6N3O3/c26-10-3-7(4-11(27)17(10)28)15-16(25(15,29)30)23(41)37-8-5-9(18(33)13(32)6-8)22(40)38-14-2-1-12(31)20(19(14)34)39-24(42)21(35)36/h1-6,15-16,21H,(H,37,41)(H,38,40)(H,39,42)/t15-,16+/m0/s1. The first-order chi connectivity index (χ1) is 19.5. The zero-order valence-corrected chi connectivity index (χ0v) is 23.9. The highest BCUT2D eigenvalue weighted by molar-refractivity contribution is 6.54. The van der Waals surface area contributed by atoms with E-state index >= 15 is 0 Å². The summed E-state index contributed by atoms with van der Waals surface area (Å²) in [5, 5.41) is 5.57. The van der Waals surface area contributed by atoms with Gasteiger partial charge in [-0.1, -0.05) is 34.8 Å². The summed E-state index contributed by atoms with van der Waals surface area (Å²) >= 11 is 30.6. The van der Waals surface area contributed by atoms with Gasteiger partial charge in [0, 0.05) is 17.7 Å². The molecule has 2 atom stereocenters. The van der Waals surface area contributed by atoms with E-state index in [0.29, 0.717) is 29.8 Å². The molecule has 17 heteroatoms. The van der Waals surface area contributed by atoms with E-state index in [1.165, 1.54) is 17.4 Å². The fourth-order valence-corrected chi connectivity index (χ4v) is 5.44. The number of halogens is 11. The SMILES string of the molecule is O=C(Nc1ccc(F)c(NC(=O)C(F)F)c1F)c1cc(NC(=O)[C@H]2[C@H](c3cc(Cl)c(Cl)c(Cl)c3)C2(Cl)Cl)cc(F)c1F. The van der Waals surface area contributed by atoms with Crippen LogP contribution < -0.4 is 16.0 Å². The van der Waals surface area contributed by atoms with Crippen molar-refractivity contribution in [2.75, 3.05) is 16.0 Å². The quantitative estimate of drug-likeness (QED) is 0.133. The molecule has 0 radical (unpaired) electrons. The number of hydrogen-bond acceptors (Lipinski definition) is 3. The summed E-state index contributed by atoms with van der Waals surface area (Å²) in [7, 11) is 0. The van der Waals surface area contributed by atoms with Crippen LogP contribution in [0.15, 0.2) is 36.4 Å². The molecule has 0 saturated heterocycles. The zero-order chi connectivity index (χ0) is 31.3. The first kappa shape index (κ1) is 32.0. The molecule has 222 valence electrons. The van der Waals surface area contributed by atoms with Gasteiger partial charge >= 0.3 is 6.43 Å². The minimum absolute atomic E-state index is 0.0562. The second kappa shape index (κ2) is 12.0. The highest BCUT2D eigenvalue weighted by Crippen LogP contribution is 2.65. The van der Waals surface area contributed by atoms with E-state index in [-0.39, 0.29) is 15.1 Å². The lowest BCUT2D eigenvalue weighted by Crippen LogP contribution is -2.23. The number of anilines is 3. The van der Waals surface area contributed by atoms with Crippen molar-refractivity contribution < 1.29 is 40.7 Å².